The van der Waals surface area contributed by atoms with Gasteiger partial charge in [0.2, 0.25) is 11.1 Å². The molecular formula is C22H19ClN8O6S4. The first-order valence-corrected chi connectivity index (χ1v) is 15.7. The van der Waals surface area contributed by atoms with Crippen LogP contribution in [-0.4, -0.2) is 87.0 Å². The van der Waals surface area contributed by atoms with Crippen molar-refractivity contribution in [2.75, 3.05) is 17.2 Å². The molecule has 0 aliphatic carbocycles. The number of hydrogen-bond donors (Lipinski definition) is 4. The van der Waals surface area contributed by atoms with E-state index < -0.39 is 40.4 Å². The minimum Gasteiger partial charge on any atom is -0.478 e. The number of aromatic carboxylic acids is 1. The first-order chi connectivity index (χ1) is 19.6. The molecule has 41 heavy (non-hydrogen) atoms. The Labute approximate surface area is 253 Å². The summed E-state index contributed by atoms with van der Waals surface area (Å²) >= 11 is 10.8. The summed E-state index contributed by atoms with van der Waals surface area (Å²) in [4.78, 5) is 56.3. The number of carboxylic acids is 2. The molecule has 2 amide bonds. The fraction of sp³-hybridized carbons (Fsp3) is 0.273. The molecule has 4 heterocycles. The van der Waals surface area contributed by atoms with Gasteiger partial charge in [-0.3, -0.25) is 14.5 Å². The van der Waals surface area contributed by atoms with Gasteiger partial charge in [0.1, 0.15) is 22.4 Å². The fourth-order valence-electron chi connectivity index (χ4n) is 4.10. The van der Waals surface area contributed by atoms with Gasteiger partial charge in [0.25, 0.3) is 5.91 Å². The maximum Gasteiger partial charge on any atom is 0.352 e. The van der Waals surface area contributed by atoms with Gasteiger partial charge in [0.05, 0.1) is 16.3 Å². The zero-order valence-corrected chi connectivity index (χ0v) is 24.8. The van der Waals surface area contributed by atoms with Crippen LogP contribution in [0.2, 0.25) is 5.02 Å². The molecule has 5 rings (SSSR count). The maximum absolute atomic E-state index is 13.6. The summed E-state index contributed by atoms with van der Waals surface area (Å²) < 4.78 is 1.46. The zero-order chi connectivity index (χ0) is 29.4. The minimum atomic E-state index is -1.26. The number of nitrogen functional groups attached to an aromatic ring is 1. The number of aryl methyl sites for hydroxylation is 1. The number of benzene rings is 1. The number of thiazole rings is 1. The lowest BCUT2D eigenvalue weighted by Gasteiger charge is -2.49. The molecule has 1 aromatic carbocycles. The van der Waals surface area contributed by atoms with E-state index in [1.165, 1.54) is 51.3 Å². The number of hydrogen-bond acceptors (Lipinski definition) is 13. The molecule has 5 N–H and O–H groups in total. The van der Waals surface area contributed by atoms with Crippen LogP contribution >= 0.6 is 58.2 Å². The van der Waals surface area contributed by atoms with Gasteiger partial charge < -0.3 is 21.3 Å². The zero-order valence-electron chi connectivity index (χ0n) is 20.8. The second-order valence-electron chi connectivity index (χ2n) is 8.56. The number of thioether (sulfide) groups is 3. The molecule has 3 atom stereocenters. The second-order valence-corrected chi connectivity index (χ2v) is 13.0. The van der Waals surface area contributed by atoms with E-state index in [1.807, 2.05) is 0 Å². The molecule has 1 saturated heterocycles. The Morgan fingerprint density at radius 1 is 1.29 bits per heavy atom. The van der Waals surface area contributed by atoms with E-state index in [2.05, 4.69) is 25.8 Å². The number of fused-ring (bicyclic) bond motifs is 1. The first-order valence-electron chi connectivity index (χ1n) is 11.5. The highest BCUT2D eigenvalue weighted by Gasteiger charge is 2.54. The molecule has 2 aliphatic heterocycles. The number of amides is 2. The molecule has 0 spiro atoms. The van der Waals surface area contributed by atoms with E-state index in [4.69, 9.17) is 17.3 Å². The quantitative estimate of drug-likeness (QED) is 0.182. The Balaban J connectivity index is 1.36. The summed E-state index contributed by atoms with van der Waals surface area (Å²) in [5, 5.41) is 34.1. The smallest absolute Gasteiger partial charge is 0.352 e. The largest absolute Gasteiger partial charge is 0.478 e. The van der Waals surface area contributed by atoms with Crippen LogP contribution in [-0.2, 0) is 21.4 Å². The highest BCUT2D eigenvalue weighted by atomic mass is 35.5. The van der Waals surface area contributed by atoms with Crippen LogP contribution in [0.3, 0.4) is 0 Å². The van der Waals surface area contributed by atoms with E-state index >= 15 is 0 Å². The number of carbonyl (C=O) groups excluding carboxylic acids is 2. The van der Waals surface area contributed by atoms with Gasteiger partial charge in [-0.15, -0.1) is 40.0 Å². The number of nitrogens with two attached hydrogens (primary N) is 1. The summed E-state index contributed by atoms with van der Waals surface area (Å²) in [6.45, 7) is 0. The summed E-state index contributed by atoms with van der Waals surface area (Å²) in [7, 11) is 1.66. The molecule has 214 valence electrons. The number of nitrogens with one attached hydrogen (secondary N) is 1. The first kappa shape index (κ1) is 29.2. The van der Waals surface area contributed by atoms with Crippen molar-refractivity contribution < 1.29 is 29.4 Å². The lowest BCUT2D eigenvalue weighted by atomic mass is 10.0. The van der Waals surface area contributed by atoms with Crippen molar-refractivity contribution in [3.05, 3.63) is 51.1 Å². The van der Waals surface area contributed by atoms with Crippen molar-refractivity contribution in [1.29, 1.82) is 0 Å². The van der Waals surface area contributed by atoms with Crippen LogP contribution in [0.15, 0.2) is 44.9 Å². The van der Waals surface area contributed by atoms with Crippen LogP contribution in [0.4, 0.5) is 5.13 Å². The summed E-state index contributed by atoms with van der Waals surface area (Å²) in [5.41, 5.74) is 6.34. The van der Waals surface area contributed by atoms with E-state index in [0.29, 0.717) is 16.5 Å². The van der Waals surface area contributed by atoms with Gasteiger partial charge in [0, 0.05) is 28.8 Å². The lowest BCUT2D eigenvalue weighted by Crippen LogP contribution is -2.70. The van der Waals surface area contributed by atoms with Gasteiger partial charge in [-0.05, 0) is 28.1 Å². The number of carboxylic acid groups (broad SMARTS) is 2. The Morgan fingerprint density at radius 2 is 2.07 bits per heavy atom. The molecular weight excluding hydrogens is 636 g/mol. The summed E-state index contributed by atoms with van der Waals surface area (Å²) in [6, 6.07) is 3.34. The normalized spacial score (nSPS) is 19.0. The average molecular weight is 655 g/mol. The molecule has 3 aromatic rings. The third kappa shape index (κ3) is 5.74. The van der Waals surface area contributed by atoms with Gasteiger partial charge >= 0.3 is 11.9 Å². The predicted octanol–water partition coefficient (Wildman–Crippen LogP) is 1.96. The molecule has 2 aromatic heterocycles. The van der Waals surface area contributed by atoms with Crippen LogP contribution in [0.1, 0.15) is 21.3 Å². The number of nitrogens with zero attached hydrogens (tertiary/aromatic N) is 6. The third-order valence-corrected chi connectivity index (χ3v) is 10.9. The van der Waals surface area contributed by atoms with Crippen LogP contribution in [0, 0.1) is 0 Å². The standard InChI is InChI=1S/C22H19ClN8O6S4/c1-30-22(27-28-29-30)40-6-8-5-38-18-12(17(33)31(18)13(8)20(36)37)26-16(32)15(11-7-39-21(24)25-11)41-14-9(19(34)35)3-2-4-10(14)23/h2-4,7,12,15,18H,5-6H2,1H3,(H2,24,25)(H,26,32)(H,34,35)(H,36,37)/t12?,15?,18-/m1/s1. The van der Waals surface area contributed by atoms with Crippen LogP contribution < -0.4 is 11.1 Å². The highest BCUT2D eigenvalue weighted by molar-refractivity contribution is 8.01. The molecule has 2 unspecified atom stereocenters. The van der Waals surface area contributed by atoms with Crippen molar-refractivity contribution >= 4 is 87.1 Å². The maximum atomic E-state index is 13.6. The van der Waals surface area contributed by atoms with Crippen molar-refractivity contribution in [2.45, 2.75) is 26.7 Å². The molecule has 0 bridgehead atoms. The average Bonchev–Trinajstić information content (AvgIpc) is 3.55. The Morgan fingerprint density at radius 3 is 2.71 bits per heavy atom. The second kappa shape index (κ2) is 11.9. The number of halogens is 1. The highest BCUT2D eigenvalue weighted by Crippen LogP contribution is 2.44. The number of anilines is 1. The predicted molar refractivity (Wildman–Crippen MR) is 153 cm³/mol. The molecule has 2 aliphatic rings. The minimum absolute atomic E-state index is 0.101. The number of rotatable bonds is 10. The summed E-state index contributed by atoms with van der Waals surface area (Å²) in [6.07, 6.45) is 0. The SMILES string of the molecule is Cn1nnnc1SCC1=C(C(=O)O)N2C(=O)C(NC(=O)C(Sc3c(Cl)cccc3C(=O)O)c3csc(N)n3)[C@H]2SC1. The third-order valence-electron chi connectivity index (χ3n) is 5.98. The monoisotopic (exact) mass is 654 g/mol. The van der Waals surface area contributed by atoms with Gasteiger partial charge in [-0.2, -0.15) is 0 Å². The Bertz CT molecular complexity index is 1600. The van der Waals surface area contributed by atoms with E-state index in [-0.39, 0.29) is 37.8 Å². The van der Waals surface area contributed by atoms with Gasteiger partial charge in [-0.1, -0.05) is 29.4 Å². The van der Waals surface area contributed by atoms with Crippen LogP contribution in [0.25, 0.3) is 0 Å². The van der Waals surface area contributed by atoms with Crippen molar-refractivity contribution in [3.8, 4) is 0 Å². The number of tetrazole rings is 1. The van der Waals surface area contributed by atoms with Gasteiger partial charge in [-0.25, -0.2) is 19.3 Å². The van der Waals surface area contributed by atoms with Gasteiger partial charge in [0.15, 0.2) is 5.13 Å². The Kier molecular flexibility index (Phi) is 8.46. The lowest BCUT2D eigenvalue weighted by molar-refractivity contribution is -0.150. The number of aliphatic carboxylic acids is 1. The molecule has 1 fully saturated rings. The van der Waals surface area contributed by atoms with Crippen LogP contribution in [0.5, 0.6) is 0 Å². The number of carbonyl (C=O) groups is 4. The topological polar surface area (TPSA) is 207 Å². The van der Waals surface area contributed by atoms with Crippen molar-refractivity contribution in [1.82, 2.24) is 35.4 Å². The van der Waals surface area contributed by atoms with E-state index in [1.54, 1.807) is 12.4 Å². The fourth-order valence-corrected chi connectivity index (χ4v) is 8.54. The number of aromatic nitrogens is 5. The summed E-state index contributed by atoms with van der Waals surface area (Å²) in [5.74, 6) is -3.14. The van der Waals surface area contributed by atoms with E-state index in [0.717, 1.165) is 23.1 Å². The molecule has 14 nitrogen and oxygen atoms in total. The van der Waals surface area contributed by atoms with E-state index in [9.17, 15) is 29.4 Å². The van der Waals surface area contributed by atoms with Crippen molar-refractivity contribution in [3.63, 3.8) is 0 Å². The Hall–Kier alpha value is -3.32. The molecule has 0 saturated carbocycles. The molecule has 19 heteroatoms. The number of β-lactam (4-membered cyclic amide) rings is 1. The van der Waals surface area contributed by atoms with Crippen molar-refractivity contribution in [2.24, 2.45) is 7.05 Å². The molecule has 0 radical (unpaired) electrons.